The van der Waals surface area contributed by atoms with Crippen molar-refractivity contribution in [1.29, 1.82) is 0 Å². The predicted molar refractivity (Wildman–Crippen MR) is 103 cm³/mol. The topological polar surface area (TPSA) is 71.1 Å². The van der Waals surface area contributed by atoms with Gasteiger partial charge in [0.2, 0.25) is 0 Å². The van der Waals surface area contributed by atoms with E-state index in [4.69, 9.17) is 18.9 Å². The molecular formula is C22H34O6. The van der Waals surface area contributed by atoms with Crippen LogP contribution in [0.1, 0.15) is 40.0 Å². The smallest absolute Gasteiger partial charge is 0.310 e. The Morgan fingerprint density at radius 1 is 0.964 bits per heavy atom. The molecule has 2 fully saturated rings. The van der Waals surface area contributed by atoms with E-state index in [2.05, 4.69) is 20.8 Å². The van der Waals surface area contributed by atoms with Crippen LogP contribution < -0.4 is 0 Å². The second-order valence-electron chi connectivity index (χ2n) is 8.94. The Bertz CT molecular complexity index is 623. The SMILES string of the molecule is COC(=O)[C@@H]1[C@@H](C(=O)O[C@@H]2C[C@H](C)CC[C@H]2C(C)C)[C@H]2C=C[C@@H]1C2(OC)OC. The molecule has 0 saturated heterocycles. The summed E-state index contributed by atoms with van der Waals surface area (Å²) in [6.45, 7) is 6.57. The number of esters is 2. The van der Waals surface area contributed by atoms with E-state index in [1.807, 2.05) is 12.2 Å². The maximum atomic E-state index is 13.4. The first-order valence-corrected chi connectivity index (χ1v) is 10.4. The molecule has 0 unspecified atom stereocenters. The molecule has 158 valence electrons. The minimum absolute atomic E-state index is 0.114. The average Bonchev–Trinajstić information content (AvgIpc) is 3.17. The van der Waals surface area contributed by atoms with Crippen LogP contribution >= 0.6 is 0 Å². The number of rotatable bonds is 6. The third-order valence-electron chi connectivity index (χ3n) is 7.23. The number of hydrogen-bond donors (Lipinski definition) is 0. The van der Waals surface area contributed by atoms with Crippen LogP contribution in [-0.4, -0.2) is 45.2 Å². The molecule has 0 heterocycles. The monoisotopic (exact) mass is 394 g/mol. The van der Waals surface area contributed by atoms with E-state index < -0.39 is 23.6 Å². The third-order valence-corrected chi connectivity index (χ3v) is 7.23. The Labute approximate surface area is 167 Å². The predicted octanol–water partition coefficient (Wildman–Crippen LogP) is 3.20. The highest BCUT2D eigenvalue weighted by Crippen LogP contribution is 2.57. The fourth-order valence-corrected chi connectivity index (χ4v) is 5.74. The highest BCUT2D eigenvalue weighted by atomic mass is 16.7. The molecule has 6 heteroatoms. The molecule has 0 amide bonds. The molecule has 3 rings (SSSR count). The third kappa shape index (κ3) is 3.28. The van der Waals surface area contributed by atoms with Crippen molar-refractivity contribution in [3.63, 3.8) is 0 Å². The number of carbonyl (C=O) groups is 2. The highest BCUT2D eigenvalue weighted by molar-refractivity contribution is 5.85. The van der Waals surface area contributed by atoms with Crippen LogP contribution in [-0.2, 0) is 28.5 Å². The number of methoxy groups -OCH3 is 3. The van der Waals surface area contributed by atoms with Crippen molar-refractivity contribution in [1.82, 2.24) is 0 Å². The molecule has 0 aromatic carbocycles. The summed E-state index contributed by atoms with van der Waals surface area (Å²) in [6, 6.07) is 0. The first kappa shape index (κ1) is 21.3. The molecule has 6 nitrogen and oxygen atoms in total. The van der Waals surface area contributed by atoms with Gasteiger partial charge in [0, 0.05) is 26.1 Å². The van der Waals surface area contributed by atoms with Gasteiger partial charge in [-0.3, -0.25) is 9.59 Å². The lowest BCUT2D eigenvalue weighted by molar-refractivity contribution is -0.235. The Morgan fingerprint density at radius 3 is 2.04 bits per heavy atom. The Balaban J connectivity index is 1.86. The van der Waals surface area contributed by atoms with Gasteiger partial charge in [0.1, 0.15) is 6.10 Å². The summed E-state index contributed by atoms with van der Waals surface area (Å²) in [5, 5.41) is 0. The lowest BCUT2D eigenvalue weighted by Crippen LogP contribution is -2.42. The standard InChI is InChI=1S/C22H34O6/c1-12(2)14-8-7-13(3)11-17(14)28-21(24)19-16-10-9-15(18(19)20(23)25-4)22(16,26-5)27-6/h9-10,12-19H,7-8,11H2,1-6H3/t13-,14+,15+,16-,17-,18+,19+/m1/s1. The maximum absolute atomic E-state index is 13.4. The minimum atomic E-state index is -1.03. The first-order valence-electron chi connectivity index (χ1n) is 10.4. The van der Waals surface area contributed by atoms with E-state index in [-0.39, 0.29) is 23.9 Å². The number of hydrogen-bond acceptors (Lipinski definition) is 6. The van der Waals surface area contributed by atoms with E-state index >= 15 is 0 Å². The van der Waals surface area contributed by atoms with Crippen LogP contribution in [0.3, 0.4) is 0 Å². The van der Waals surface area contributed by atoms with E-state index in [1.54, 1.807) is 14.2 Å². The van der Waals surface area contributed by atoms with Crippen molar-refractivity contribution < 1.29 is 28.5 Å². The molecule has 0 aromatic rings. The van der Waals surface area contributed by atoms with Crippen LogP contribution in [0.5, 0.6) is 0 Å². The largest absolute Gasteiger partial charge is 0.469 e. The molecule has 28 heavy (non-hydrogen) atoms. The number of carbonyl (C=O) groups excluding carboxylic acids is 2. The molecule has 0 radical (unpaired) electrons. The van der Waals surface area contributed by atoms with Crippen molar-refractivity contribution in [3.05, 3.63) is 12.2 Å². The molecule has 3 aliphatic rings. The van der Waals surface area contributed by atoms with Gasteiger partial charge in [-0.15, -0.1) is 0 Å². The lowest BCUT2D eigenvalue weighted by atomic mass is 9.75. The van der Waals surface area contributed by atoms with E-state index in [0.717, 1.165) is 19.3 Å². The van der Waals surface area contributed by atoms with E-state index in [9.17, 15) is 9.59 Å². The lowest BCUT2D eigenvalue weighted by Gasteiger charge is -2.38. The van der Waals surface area contributed by atoms with Gasteiger partial charge in [0.05, 0.1) is 18.9 Å². The van der Waals surface area contributed by atoms with E-state index in [0.29, 0.717) is 17.8 Å². The zero-order chi connectivity index (χ0) is 20.6. The van der Waals surface area contributed by atoms with Crippen molar-refractivity contribution in [3.8, 4) is 0 Å². The Kier molecular flexibility index (Phi) is 6.20. The second kappa shape index (κ2) is 8.15. The minimum Gasteiger partial charge on any atom is -0.469 e. The zero-order valence-electron chi connectivity index (χ0n) is 17.8. The van der Waals surface area contributed by atoms with Crippen LogP contribution in [0.15, 0.2) is 12.2 Å². The fourth-order valence-electron chi connectivity index (χ4n) is 5.74. The molecule has 2 bridgehead atoms. The highest BCUT2D eigenvalue weighted by Gasteiger charge is 2.68. The van der Waals surface area contributed by atoms with Gasteiger partial charge in [0.15, 0.2) is 5.79 Å². The summed E-state index contributed by atoms with van der Waals surface area (Å²) in [6.07, 6.45) is 6.81. The van der Waals surface area contributed by atoms with Gasteiger partial charge >= 0.3 is 11.9 Å². The number of fused-ring (bicyclic) bond motifs is 2. The Morgan fingerprint density at radius 2 is 1.54 bits per heavy atom. The quantitative estimate of drug-likeness (QED) is 0.391. The summed E-state index contributed by atoms with van der Waals surface area (Å²) in [5.74, 6) is -2.53. The van der Waals surface area contributed by atoms with Crippen LogP contribution in [0.4, 0.5) is 0 Å². The van der Waals surface area contributed by atoms with Gasteiger partial charge in [-0.05, 0) is 30.6 Å². The first-order chi connectivity index (χ1) is 13.3. The summed E-state index contributed by atoms with van der Waals surface area (Å²) in [7, 11) is 4.45. The van der Waals surface area contributed by atoms with Gasteiger partial charge in [0.25, 0.3) is 0 Å². The van der Waals surface area contributed by atoms with Crippen molar-refractivity contribution >= 4 is 11.9 Å². The van der Waals surface area contributed by atoms with Crippen molar-refractivity contribution in [2.45, 2.75) is 51.9 Å². The molecule has 0 spiro atoms. The van der Waals surface area contributed by atoms with Gasteiger partial charge < -0.3 is 18.9 Å². The summed E-state index contributed by atoms with van der Waals surface area (Å²) in [5.41, 5.74) is 0. The molecule has 0 N–H and O–H groups in total. The van der Waals surface area contributed by atoms with Gasteiger partial charge in [-0.2, -0.15) is 0 Å². The van der Waals surface area contributed by atoms with Crippen molar-refractivity contribution in [2.75, 3.05) is 21.3 Å². The molecule has 0 aliphatic heterocycles. The van der Waals surface area contributed by atoms with Crippen LogP contribution in [0, 0.1) is 41.4 Å². The number of ether oxygens (including phenoxy) is 4. The fraction of sp³-hybridized carbons (Fsp3) is 0.818. The van der Waals surface area contributed by atoms with Crippen LogP contribution in [0.25, 0.3) is 0 Å². The second-order valence-corrected chi connectivity index (χ2v) is 8.94. The molecular weight excluding hydrogens is 360 g/mol. The van der Waals surface area contributed by atoms with E-state index in [1.165, 1.54) is 7.11 Å². The average molecular weight is 395 g/mol. The molecule has 2 saturated carbocycles. The molecule has 0 aromatic heterocycles. The van der Waals surface area contributed by atoms with Gasteiger partial charge in [-0.1, -0.05) is 39.3 Å². The summed E-state index contributed by atoms with van der Waals surface area (Å²) >= 11 is 0. The summed E-state index contributed by atoms with van der Waals surface area (Å²) < 4.78 is 22.5. The normalized spacial score (nSPS) is 38.6. The Hall–Kier alpha value is -1.40. The summed E-state index contributed by atoms with van der Waals surface area (Å²) in [4.78, 5) is 25.9. The maximum Gasteiger partial charge on any atom is 0.310 e. The zero-order valence-corrected chi connectivity index (χ0v) is 17.8. The molecule has 7 atom stereocenters. The molecule has 3 aliphatic carbocycles. The van der Waals surface area contributed by atoms with Crippen LogP contribution in [0.2, 0.25) is 0 Å². The van der Waals surface area contributed by atoms with Crippen molar-refractivity contribution in [2.24, 2.45) is 41.4 Å². The van der Waals surface area contributed by atoms with Gasteiger partial charge in [-0.25, -0.2) is 0 Å².